The summed E-state index contributed by atoms with van der Waals surface area (Å²) < 4.78 is 0. The van der Waals surface area contributed by atoms with Crippen molar-refractivity contribution >= 4 is 11.7 Å². The molecule has 0 amide bonds. The number of carboxylic acid groups (broad SMARTS) is 1. The quantitative estimate of drug-likeness (QED) is 0.894. The molecular weight excluding hydrogens is 240 g/mol. The van der Waals surface area contributed by atoms with Gasteiger partial charge in [0.2, 0.25) is 0 Å². The first kappa shape index (κ1) is 12.5. The van der Waals surface area contributed by atoms with Crippen LogP contribution in [0.15, 0.2) is 30.3 Å². The first-order chi connectivity index (χ1) is 9.17. The highest BCUT2D eigenvalue weighted by Gasteiger charge is 2.47. The van der Waals surface area contributed by atoms with Crippen LogP contribution in [0.5, 0.6) is 0 Å². The van der Waals surface area contributed by atoms with E-state index in [-0.39, 0.29) is 6.42 Å². The Hall–Kier alpha value is -1.55. The van der Waals surface area contributed by atoms with Gasteiger partial charge in [-0.25, -0.2) is 0 Å². The third kappa shape index (κ3) is 2.59. The molecule has 0 aromatic heterocycles. The number of carbonyl (C=O) groups is 1. The van der Waals surface area contributed by atoms with Crippen molar-refractivity contribution in [3.8, 4) is 0 Å². The second kappa shape index (κ2) is 4.85. The van der Waals surface area contributed by atoms with Crippen molar-refractivity contribution in [2.24, 2.45) is 5.41 Å². The van der Waals surface area contributed by atoms with Crippen LogP contribution in [0, 0.1) is 5.41 Å². The summed E-state index contributed by atoms with van der Waals surface area (Å²) in [7, 11) is 0. The highest BCUT2D eigenvalue weighted by molar-refractivity contribution is 5.66. The largest absolute Gasteiger partial charge is 0.481 e. The summed E-state index contributed by atoms with van der Waals surface area (Å²) >= 11 is 0. The van der Waals surface area contributed by atoms with E-state index >= 15 is 0 Å². The molecule has 102 valence electrons. The maximum absolute atomic E-state index is 10.6. The predicted molar refractivity (Wildman–Crippen MR) is 74.4 cm³/mol. The molecule has 0 atom stereocenters. The molecule has 4 nitrogen and oxygen atoms in total. The second-order valence-electron chi connectivity index (χ2n) is 5.86. The molecule has 2 saturated heterocycles. The van der Waals surface area contributed by atoms with Crippen LogP contribution in [0.2, 0.25) is 0 Å². The lowest BCUT2D eigenvalue weighted by molar-refractivity contribution is -0.138. The summed E-state index contributed by atoms with van der Waals surface area (Å²) in [6.45, 7) is 5.05. The Balaban J connectivity index is 1.52. The molecule has 3 rings (SSSR count). The average Bonchev–Trinajstić information content (AvgIpc) is 2.81. The fourth-order valence-corrected chi connectivity index (χ4v) is 3.37. The molecule has 2 aliphatic rings. The third-order valence-corrected chi connectivity index (χ3v) is 4.32. The van der Waals surface area contributed by atoms with Gasteiger partial charge >= 0.3 is 5.97 Å². The number of rotatable bonds is 4. The molecule has 0 saturated carbocycles. The fourth-order valence-electron chi connectivity index (χ4n) is 3.37. The maximum atomic E-state index is 10.6. The monoisotopic (exact) mass is 260 g/mol. The maximum Gasteiger partial charge on any atom is 0.304 e. The van der Waals surface area contributed by atoms with E-state index in [4.69, 9.17) is 5.11 Å². The van der Waals surface area contributed by atoms with E-state index in [1.165, 1.54) is 12.1 Å². The SMILES string of the molecule is O=C(O)CCN1CC2(CCN(c3ccccc3)C2)C1. The molecule has 1 spiro atoms. The van der Waals surface area contributed by atoms with Crippen LogP contribution >= 0.6 is 0 Å². The highest BCUT2D eigenvalue weighted by atomic mass is 16.4. The van der Waals surface area contributed by atoms with Crippen molar-refractivity contribution in [3.63, 3.8) is 0 Å². The minimum absolute atomic E-state index is 0.262. The number of likely N-dealkylation sites (tertiary alicyclic amines) is 1. The molecule has 2 aliphatic heterocycles. The van der Waals surface area contributed by atoms with E-state index in [9.17, 15) is 4.79 Å². The second-order valence-corrected chi connectivity index (χ2v) is 5.86. The van der Waals surface area contributed by atoms with Gasteiger partial charge in [0.1, 0.15) is 0 Å². The predicted octanol–water partition coefficient (Wildman–Crippen LogP) is 1.67. The van der Waals surface area contributed by atoms with Gasteiger partial charge in [0.25, 0.3) is 0 Å². The van der Waals surface area contributed by atoms with Gasteiger partial charge < -0.3 is 14.9 Å². The normalized spacial score (nSPS) is 21.6. The number of nitrogens with zero attached hydrogens (tertiary/aromatic N) is 2. The summed E-state index contributed by atoms with van der Waals surface area (Å²) in [5.41, 5.74) is 1.72. The van der Waals surface area contributed by atoms with Crippen LogP contribution < -0.4 is 4.90 Å². The number of hydrogen-bond donors (Lipinski definition) is 1. The van der Waals surface area contributed by atoms with Crippen molar-refractivity contribution in [2.45, 2.75) is 12.8 Å². The van der Waals surface area contributed by atoms with Crippen molar-refractivity contribution in [1.29, 1.82) is 0 Å². The minimum atomic E-state index is -0.696. The minimum Gasteiger partial charge on any atom is -0.481 e. The Labute approximate surface area is 113 Å². The zero-order valence-electron chi connectivity index (χ0n) is 11.1. The Morgan fingerprint density at radius 3 is 2.63 bits per heavy atom. The first-order valence-corrected chi connectivity index (χ1v) is 6.91. The lowest BCUT2D eigenvalue weighted by atomic mass is 9.79. The third-order valence-electron chi connectivity index (χ3n) is 4.32. The van der Waals surface area contributed by atoms with Gasteiger partial charge in [0.15, 0.2) is 0 Å². The summed E-state index contributed by atoms with van der Waals surface area (Å²) in [5.74, 6) is -0.696. The van der Waals surface area contributed by atoms with Gasteiger partial charge in [-0.15, -0.1) is 0 Å². The molecule has 4 heteroatoms. The zero-order chi connectivity index (χ0) is 13.3. The number of para-hydroxylation sites is 1. The number of carboxylic acids is 1. The van der Waals surface area contributed by atoms with E-state index in [0.29, 0.717) is 12.0 Å². The van der Waals surface area contributed by atoms with Crippen molar-refractivity contribution in [2.75, 3.05) is 37.6 Å². The smallest absolute Gasteiger partial charge is 0.304 e. The topological polar surface area (TPSA) is 43.8 Å². The van der Waals surface area contributed by atoms with Gasteiger partial charge in [-0.05, 0) is 18.6 Å². The van der Waals surface area contributed by atoms with Crippen molar-refractivity contribution in [1.82, 2.24) is 4.90 Å². The Morgan fingerprint density at radius 1 is 1.21 bits per heavy atom. The van der Waals surface area contributed by atoms with Gasteiger partial charge in [0.05, 0.1) is 6.42 Å². The molecular formula is C15H20N2O2. The highest BCUT2D eigenvalue weighted by Crippen LogP contribution is 2.40. The van der Waals surface area contributed by atoms with Crippen LogP contribution in [-0.2, 0) is 4.79 Å². The Morgan fingerprint density at radius 2 is 1.95 bits per heavy atom. The van der Waals surface area contributed by atoms with Crippen LogP contribution in [-0.4, -0.2) is 48.7 Å². The summed E-state index contributed by atoms with van der Waals surface area (Å²) in [6, 6.07) is 10.5. The first-order valence-electron chi connectivity index (χ1n) is 6.91. The fraction of sp³-hybridized carbons (Fsp3) is 0.533. The molecule has 2 fully saturated rings. The van der Waals surface area contributed by atoms with Crippen molar-refractivity contribution < 1.29 is 9.90 Å². The number of benzene rings is 1. The van der Waals surface area contributed by atoms with Gasteiger partial charge in [-0.2, -0.15) is 0 Å². The molecule has 19 heavy (non-hydrogen) atoms. The molecule has 0 unspecified atom stereocenters. The van der Waals surface area contributed by atoms with Gasteiger partial charge in [-0.1, -0.05) is 18.2 Å². The number of anilines is 1. The van der Waals surface area contributed by atoms with Gasteiger partial charge in [0, 0.05) is 43.8 Å². The van der Waals surface area contributed by atoms with E-state index in [2.05, 4.69) is 34.1 Å². The van der Waals surface area contributed by atoms with E-state index in [1.807, 2.05) is 6.07 Å². The Bertz CT molecular complexity index is 454. The standard InChI is InChI=1S/C15H20N2O2/c18-14(19)6-8-16-10-15(11-16)7-9-17(12-15)13-4-2-1-3-5-13/h1-5H,6-12H2,(H,18,19). The molecule has 1 aromatic carbocycles. The average molecular weight is 260 g/mol. The molecule has 0 bridgehead atoms. The molecule has 1 aromatic rings. The molecule has 0 radical (unpaired) electrons. The van der Waals surface area contributed by atoms with Crippen LogP contribution in [0.3, 0.4) is 0 Å². The Kier molecular flexibility index (Phi) is 3.19. The molecule has 2 heterocycles. The lowest BCUT2D eigenvalue weighted by Gasteiger charge is -2.48. The zero-order valence-corrected chi connectivity index (χ0v) is 11.1. The summed E-state index contributed by atoms with van der Waals surface area (Å²) in [5, 5.41) is 8.69. The van der Waals surface area contributed by atoms with Crippen LogP contribution in [0.1, 0.15) is 12.8 Å². The number of hydrogen-bond acceptors (Lipinski definition) is 3. The molecule has 1 N–H and O–H groups in total. The van der Waals surface area contributed by atoms with Crippen LogP contribution in [0.4, 0.5) is 5.69 Å². The van der Waals surface area contributed by atoms with E-state index in [1.54, 1.807) is 0 Å². The summed E-state index contributed by atoms with van der Waals surface area (Å²) in [6.07, 6.45) is 1.49. The lowest BCUT2D eigenvalue weighted by Crippen LogP contribution is -2.57. The molecule has 0 aliphatic carbocycles. The van der Waals surface area contributed by atoms with E-state index < -0.39 is 5.97 Å². The van der Waals surface area contributed by atoms with Crippen LogP contribution in [0.25, 0.3) is 0 Å². The number of aliphatic carboxylic acids is 1. The summed E-state index contributed by atoms with van der Waals surface area (Å²) in [4.78, 5) is 15.3. The van der Waals surface area contributed by atoms with E-state index in [0.717, 1.165) is 26.2 Å². The van der Waals surface area contributed by atoms with Gasteiger partial charge in [-0.3, -0.25) is 4.79 Å². The van der Waals surface area contributed by atoms with Crippen molar-refractivity contribution in [3.05, 3.63) is 30.3 Å².